The molecule has 0 radical (unpaired) electrons. The van der Waals surface area contributed by atoms with Gasteiger partial charge in [-0.05, 0) is 18.2 Å². The van der Waals surface area contributed by atoms with Crippen LogP contribution in [0, 0.1) is 0 Å². The van der Waals surface area contributed by atoms with E-state index in [1.807, 2.05) is 0 Å². The van der Waals surface area contributed by atoms with Crippen LogP contribution in [0.2, 0.25) is 0 Å². The molecular formula is C6H9N5O. The first-order valence-electron chi connectivity index (χ1n) is 3.40. The Bertz CT molecular complexity index is 303. The van der Waals surface area contributed by atoms with Gasteiger partial charge in [0, 0.05) is 0 Å². The fourth-order valence-electron chi connectivity index (χ4n) is 0.637. The van der Waals surface area contributed by atoms with Crippen LogP contribution in [-0.2, 0) is 11.8 Å². The van der Waals surface area contributed by atoms with E-state index in [4.69, 9.17) is 0 Å². The van der Waals surface area contributed by atoms with E-state index in [1.165, 1.54) is 10.9 Å². The van der Waals surface area contributed by atoms with Crippen LogP contribution in [0.5, 0.6) is 0 Å². The topological polar surface area (TPSA) is 72.7 Å². The summed E-state index contributed by atoms with van der Waals surface area (Å²) < 4.78 is 0. The Hall–Kier alpha value is -1.72. The lowest BCUT2D eigenvalue weighted by atomic mass is 10.5. The van der Waals surface area contributed by atoms with Crippen molar-refractivity contribution in [2.75, 3.05) is 5.32 Å². The van der Waals surface area contributed by atoms with Gasteiger partial charge in [0.1, 0.15) is 0 Å². The Balaban J connectivity index is 2.58. The summed E-state index contributed by atoms with van der Waals surface area (Å²) in [4.78, 5) is 12.2. The molecule has 1 rings (SSSR count). The standard InChI is InChI=1S/C6H9N5O/c1-3-4-5(12)7-6-8-10-11(2)9-6/h3-4H,1-2H3,(H,7,9,12)/b4-3+. The SMILES string of the molecule is C/C=C/C(=O)Nc1nnn(C)n1. The van der Waals surface area contributed by atoms with Crippen molar-refractivity contribution in [2.24, 2.45) is 7.05 Å². The number of hydrogen-bond donors (Lipinski definition) is 1. The maximum atomic E-state index is 10.9. The molecular weight excluding hydrogens is 158 g/mol. The molecule has 0 aliphatic heterocycles. The number of hydrogen-bond acceptors (Lipinski definition) is 4. The fraction of sp³-hybridized carbons (Fsp3) is 0.333. The molecule has 0 saturated carbocycles. The van der Waals surface area contributed by atoms with Gasteiger partial charge < -0.3 is 0 Å². The highest BCUT2D eigenvalue weighted by Crippen LogP contribution is 1.91. The number of anilines is 1. The third kappa shape index (κ3) is 2.15. The Morgan fingerprint density at radius 3 is 2.92 bits per heavy atom. The van der Waals surface area contributed by atoms with Crippen LogP contribution in [0.1, 0.15) is 6.92 Å². The summed E-state index contributed by atoms with van der Waals surface area (Å²) in [6.07, 6.45) is 3.02. The van der Waals surface area contributed by atoms with Gasteiger partial charge in [0.25, 0.3) is 5.95 Å². The van der Waals surface area contributed by atoms with Crippen molar-refractivity contribution in [1.29, 1.82) is 0 Å². The molecule has 0 saturated heterocycles. The second-order valence-electron chi connectivity index (χ2n) is 2.09. The Kier molecular flexibility index (Phi) is 2.52. The molecule has 1 N–H and O–H groups in total. The predicted molar refractivity (Wildman–Crippen MR) is 42.2 cm³/mol. The molecule has 12 heavy (non-hydrogen) atoms. The lowest BCUT2D eigenvalue weighted by Gasteiger charge is -1.91. The van der Waals surface area contributed by atoms with E-state index in [2.05, 4.69) is 20.7 Å². The summed E-state index contributed by atoms with van der Waals surface area (Å²) in [5.74, 6) is -0.0499. The number of nitrogens with one attached hydrogen (secondary N) is 1. The van der Waals surface area contributed by atoms with Gasteiger partial charge in [0.15, 0.2) is 0 Å². The molecule has 1 amide bonds. The van der Waals surface area contributed by atoms with Gasteiger partial charge in [-0.25, -0.2) is 0 Å². The van der Waals surface area contributed by atoms with E-state index in [9.17, 15) is 4.79 Å². The highest BCUT2D eigenvalue weighted by atomic mass is 16.1. The normalized spacial score (nSPS) is 10.5. The van der Waals surface area contributed by atoms with Crippen LogP contribution < -0.4 is 5.32 Å². The largest absolute Gasteiger partial charge is 0.288 e. The number of carbonyl (C=O) groups is 1. The second-order valence-corrected chi connectivity index (χ2v) is 2.09. The molecule has 1 aromatic heterocycles. The zero-order valence-electron chi connectivity index (χ0n) is 6.85. The predicted octanol–water partition coefficient (Wildman–Crippen LogP) is -0.275. The highest BCUT2D eigenvalue weighted by molar-refractivity contribution is 5.97. The molecule has 0 fully saturated rings. The minimum absolute atomic E-state index is 0.209. The van der Waals surface area contributed by atoms with E-state index in [0.717, 1.165) is 0 Å². The van der Waals surface area contributed by atoms with Gasteiger partial charge in [-0.1, -0.05) is 11.2 Å². The molecule has 6 heteroatoms. The van der Waals surface area contributed by atoms with Crippen molar-refractivity contribution in [3.05, 3.63) is 12.2 Å². The van der Waals surface area contributed by atoms with Crippen molar-refractivity contribution in [2.45, 2.75) is 6.92 Å². The van der Waals surface area contributed by atoms with Gasteiger partial charge in [0.05, 0.1) is 7.05 Å². The third-order valence-corrected chi connectivity index (χ3v) is 1.06. The summed E-state index contributed by atoms with van der Waals surface area (Å²) >= 11 is 0. The van der Waals surface area contributed by atoms with Crippen molar-refractivity contribution in [1.82, 2.24) is 20.2 Å². The van der Waals surface area contributed by atoms with Crippen molar-refractivity contribution < 1.29 is 4.79 Å². The van der Waals surface area contributed by atoms with E-state index in [1.54, 1.807) is 20.0 Å². The number of allylic oxidation sites excluding steroid dienone is 1. The lowest BCUT2D eigenvalue weighted by Crippen LogP contribution is -2.09. The number of amides is 1. The number of tetrazole rings is 1. The number of nitrogens with zero attached hydrogens (tertiary/aromatic N) is 4. The van der Waals surface area contributed by atoms with Crippen molar-refractivity contribution >= 4 is 11.9 Å². The van der Waals surface area contributed by atoms with Crippen molar-refractivity contribution in [3.8, 4) is 0 Å². The van der Waals surface area contributed by atoms with Crippen LogP contribution in [0.25, 0.3) is 0 Å². The Labute approximate surface area is 69.3 Å². The summed E-state index contributed by atoms with van der Waals surface area (Å²) in [6.45, 7) is 1.75. The zero-order valence-corrected chi connectivity index (χ0v) is 6.85. The zero-order chi connectivity index (χ0) is 8.97. The molecule has 1 aromatic rings. The van der Waals surface area contributed by atoms with Crippen LogP contribution in [0.15, 0.2) is 12.2 Å². The summed E-state index contributed by atoms with van der Waals surface area (Å²) in [7, 11) is 1.62. The maximum absolute atomic E-state index is 10.9. The molecule has 0 bridgehead atoms. The third-order valence-electron chi connectivity index (χ3n) is 1.06. The van der Waals surface area contributed by atoms with Gasteiger partial charge >= 0.3 is 0 Å². The molecule has 0 unspecified atom stereocenters. The number of rotatable bonds is 2. The van der Waals surface area contributed by atoms with Gasteiger partial charge in [-0.3, -0.25) is 10.1 Å². The van der Waals surface area contributed by atoms with Crippen LogP contribution in [-0.4, -0.2) is 26.1 Å². The summed E-state index contributed by atoms with van der Waals surface area (Å²) in [5, 5.41) is 13.3. The molecule has 0 aromatic carbocycles. The minimum atomic E-state index is -0.259. The number of carbonyl (C=O) groups excluding carboxylic acids is 1. The first-order valence-corrected chi connectivity index (χ1v) is 3.40. The van der Waals surface area contributed by atoms with Crippen molar-refractivity contribution in [3.63, 3.8) is 0 Å². The molecule has 6 nitrogen and oxygen atoms in total. The molecule has 64 valence electrons. The van der Waals surface area contributed by atoms with Gasteiger partial charge in [-0.2, -0.15) is 4.80 Å². The minimum Gasteiger partial charge on any atom is -0.288 e. The first-order chi connectivity index (χ1) is 5.72. The Morgan fingerprint density at radius 1 is 1.67 bits per heavy atom. The highest BCUT2D eigenvalue weighted by Gasteiger charge is 2.01. The van der Waals surface area contributed by atoms with Crippen LogP contribution in [0.3, 0.4) is 0 Å². The monoisotopic (exact) mass is 167 g/mol. The maximum Gasteiger partial charge on any atom is 0.270 e. The molecule has 0 spiro atoms. The summed E-state index contributed by atoms with van der Waals surface area (Å²) in [5.41, 5.74) is 0. The van der Waals surface area contributed by atoms with E-state index in [0.29, 0.717) is 0 Å². The van der Waals surface area contributed by atoms with Crippen LogP contribution in [0.4, 0.5) is 5.95 Å². The van der Waals surface area contributed by atoms with Gasteiger partial charge in [-0.15, -0.1) is 5.10 Å². The second kappa shape index (κ2) is 3.61. The average molecular weight is 167 g/mol. The number of aryl methyl sites for hydroxylation is 1. The molecule has 0 aliphatic carbocycles. The lowest BCUT2D eigenvalue weighted by molar-refractivity contribution is -0.112. The number of aromatic nitrogens is 4. The smallest absolute Gasteiger partial charge is 0.270 e. The Morgan fingerprint density at radius 2 is 2.42 bits per heavy atom. The van der Waals surface area contributed by atoms with E-state index < -0.39 is 0 Å². The summed E-state index contributed by atoms with van der Waals surface area (Å²) in [6, 6.07) is 0. The van der Waals surface area contributed by atoms with Crippen LogP contribution >= 0.6 is 0 Å². The van der Waals surface area contributed by atoms with E-state index in [-0.39, 0.29) is 11.9 Å². The average Bonchev–Trinajstić information content (AvgIpc) is 2.36. The fourth-order valence-corrected chi connectivity index (χ4v) is 0.637. The van der Waals surface area contributed by atoms with E-state index >= 15 is 0 Å². The molecule has 1 heterocycles. The quantitative estimate of drug-likeness (QED) is 0.615. The molecule has 0 atom stereocenters. The molecule has 0 aliphatic rings. The first kappa shape index (κ1) is 8.38. The van der Waals surface area contributed by atoms with Gasteiger partial charge in [0.2, 0.25) is 5.91 Å².